The van der Waals surface area contributed by atoms with Crippen LogP contribution in [0.5, 0.6) is 0 Å². The van der Waals surface area contributed by atoms with Gasteiger partial charge in [0.05, 0.1) is 16.6 Å². The van der Waals surface area contributed by atoms with Crippen molar-refractivity contribution in [3.63, 3.8) is 0 Å². The first-order valence-electron chi connectivity index (χ1n) is 5.39. The third-order valence-corrected chi connectivity index (χ3v) is 6.24. The van der Waals surface area contributed by atoms with Crippen molar-refractivity contribution in [2.24, 2.45) is 5.92 Å². The highest BCUT2D eigenvalue weighted by Crippen LogP contribution is 2.38. The molecule has 2 rings (SSSR count). The summed E-state index contributed by atoms with van der Waals surface area (Å²) in [4.78, 5) is 0. The molecule has 0 radical (unpaired) electrons. The van der Waals surface area contributed by atoms with Crippen molar-refractivity contribution in [2.75, 3.05) is 5.75 Å². The number of rotatable bonds is 4. The number of sulfone groups is 1. The van der Waals surface area contributed by atoms with Gasteiger partial charge in [-0.05, 0) is 32.6 Å². The molecular weight excluding hydrogens is 216 g/mol. The zero-order chi connectivity index (χ0) is 11.3. The molecule has 2 atom stereocenters. The highest BCUT2D eigenvalue weighted by molar-refractivity contribution is 7.92. The molecule has 2 unspecified atom stereocenters. The van der Waals surface area contributed by atoms with Crippen molar-refractivity contribution in [3.8, 4) is 0 Å². The molecule has 1 N–H and O–H groups in total. The van der Waals surface area contributed by atoms with Gasteiger partial charge in [0, 0.05) is 6.42 Å². The lowest BCUT2D eigenvalue weighted by Crippen LogP contribution is -2.55. The maximum atomic E-state index is 12.1. The van der Waals surface area contributed by atoms with E-state index in [2.05, 4.69) is 0 Å². The second kappa shape index (κ2) is 3.43. The van der Waals surface area contributed by atoms with Gasteiger partial charge in [-0.1, -0.05) is 0 Å². The Bertz CT molecular complexity index is 336. The molecule has 2 aliphatic rings. The van der Waals surface area contributed by atoms with Crippen molar-refractivity contribution in [1.29, 1.82) is 0 Å². The van der Waals surface area contributed by atoms with Gasteiger partial charge in [0.2, 0.25) is 0 Å². The molecule has 1 heterocycles. The monoisotopic (exact) mass is 234 g/mol. The molecule has 1 saturated heterocycles. The second-order valence-corrected chi connectivity index (χ2v) is 7.76. The third-order valence-electron chi connectivity index (χ3n) is 3.47. The number of aliphatic hydroxyl groups is 1. The van der Waals surface area contributed by atoms with Gasteiger partial charge >= 0.3 is 0 Å². The summed E-state index contributed by atoms with van der Waals surface area (Å²) in [6, 6.07) is 0. The molecule has 0 spiro atoms. The fourth-order valence-electron chi connectivity index (χ4n) is 1.82. The summed E-state index contributed by atoms with van der Waals surface area (Å²) in [6.07, 6.45) is 1.37. The fraction of sp³-hybridized carbons (Fsp3) is 1.00. The van der Waals surface area contributed by atoms with E-state index < -0.39 is 20.9 Å². The van der Waals surface area contributed by atoms with E-state index in [-0.39, 0.29) is 11.9 Å². The van der Waals surface area contributed by atoms with Gasteiger partial charge in [0.15, 0.2) is 16.1 Å². The SMILES string of the molecule is CC(C)(C1CC(O)O1)S(=O)(=O)CC1CC1. The number of hydrogen-bond acceptors (Lipinski definition) is 4. The van der Waals surface area contributed by atoms with E-state index in [1.165, 1.54) is 0 Å². The molecule has 0 amide bonds. The molecule has 0 aromatic rings. The van der Waals surface area contributed by atoms with E-state index >= 15 is 0 Å². The lowest BCUT2D eigenvalue weighted by Gasteiger charge is -2.42. The van der Waals surface area contributed by atoms with Gasteiger partial charge < -0.3 is 9.84 Å². The molecule has 1 saturated carbocycles. The molecule has 2 fully saturated rings. The standard InChI is InChI=1S/C10H18O4S/c1-10(2,8-5-9(11)14-8)15(12,13)6-7-3-4-7/h7-9,11H,3-6H2,1-2H3. The summed E-state index contributed by atoms with van der Waals surface area (Å²) in [5.74, 6) is 0.634. The Balaban J connectivity index is 2.05. The quantitative estimate of drug-likeness (QED) is 0.777. The molecule has 1 aliphatic heterocycles. The van der Waals surface area contributed by atoms with Gasteiger partial charge in [-0.15, -0.1) is 0 Å². The number of hydrogen-bond donors (Lipinski definition) is 1. The van der Waals surface area contributed by atoms with Crippen LogP contribution in [-0.4, -0.2) is 36.4 Å². The zero-order valence-electron chi connectivity index (χ0n) is 9.14. The Kier molecular flexibility index (Phi) is 2.60. The Morgan fingerprint density at radius 3 is 2.33 bits per heavy atom. The van der Waals surface area contributed by atoms with Crippen LogP contribution in [0.1, 0.15) is 33.1 Å². The molecule has 4 nitrogen and oxygen atoms in total. The maximum Gasteiger partial charge on any atom is 0.158 e. The van der Waals surface area contributed by atoms with Crippen LogP contribution in [0.2, 0.25) is 0 Å². The summed E-state index contributed by atoms with van der Waals surface area (Å²) in [7, 11) is -3.12. The average molecular weight is 234 g/mol. The van der Waals surface area contributed by atoms with Crippen molar-refractivity contribution in [2.45, 2.75) is 50.3 Å². The summed E-state index contributed by atoms with van der Waals surface area (Å²) in [5, 5.41) is 9.02. The topological polar surface area (TPSA) is 63.6 Å². The minimum atomic E-state index is -3.12. The van der Waals surface area contributed by atoms with E-state index in [4.69, 9.17) is 9.84 Å². The van der Waals surface area contributed by atoms with E-state index in [0.717, 1.165) is 12.8 Å². The highest BCUT2D eigenvalue weighted by atomic mass is 32.2. The lowest BCUT2D eigenvalue weighted by molar-refractivity contribution is -0.239. The summed E-state index contributed by atoms with van der Waals surface area (Å²) >= 11 is 0. The zero-order valence-corrected chi connectivity index (χ0v) is 9.96. The van der Waals surface area contributed by atoms with Crippen LogP contribution in [0.4, 0.5) is 0 Å². The van der Waals surface area contributed by atoms with Gasteiger partial charge in [-0.25, -0.2) is 8.42 Å². The minimum Gasteiger partial charge on any atom is -0.368 e. The van der Waals surface area contributed by atoms with Gasteiger partial charge in [0.25, 0.3) is 0 Å². The molecule has 0 aromatic heterocycles. The van der Waals surface area contributed by atoms with Crippen molar-refractivity contribution < 1.29 is 18.3 Å². The molecule has 0 bridgehead atoms. The first-order valence-corrected chi connectivity index (χ1v) is 7.04. The Hall–Kier alpha value is -0.130. The van der Waals surface area contributed by atoms with Crippen LogP contribution >= 0.6 is 0 Å². The molecule has 5 heteroatoms. The van der Waals surface area contributed by atoms with E-state index in [9.17, 15) is 8.42 Å². The van der Waals surface area contributed by atoms with Gasteiger partial charge in [0.1, 0.15) is 0 Å². The summed E-state index contributed by atoms with van der Waals surface area (Å²) in [5.41, 5.74) is 0. The fourth-order valence-corrected chi connectivity index (χ4v) is 3.76. The number of ether oxygens (including phenoxy) is 1. The van der Waals surface area contributed by atoms with E-state index in [1.807, 2.05) is 0 Å². The van der Waals surface area contributed by atoms with Crippen LogP contribution in [0.3, 0.4) is 0 Å². The van der Waals surface area contributed by atoms with Gasteiger partial charge in [-0.2, -0.15) is 0 Å². The van der Waals surface area contributed by atoms with Crippen molar-refractivity contribution in [3.05, 3.63) is 0 Å². The van der Waals surface area contributed by atoms with Gasteiger partial charge in [-0.3, -0.25) is 0 Å². The average Bonchev–Trinajstić information content (AvgIpc) is 2.81. The summed E-state index contributed by atoms with van der Waals surface area (Å²) in [6.45, 7) is 3.39. The first-order chi connectivity index (χ1) is 6.83. The van der Waals surface area contributed by atoms with E-state index in [1.54, 1.807) is 13.8 Å². The van der Waals surface area contributed by atoms with Crippen LogP contribution in [0.15, 0.2) is 0 Å². The predicted molar refractivity (Wildman–Crippen MR) is 56.1 cm³/mol. The molecular formula is C10H18O4S. The number of aliphatic hydroxyl groups excluding tert-OH is 1. The predicted octanol–water partition coefficient (Wildman–Crippen LogP) is 0.697. The highest BCUT2D eigenvalue weighted by Gasteiger charge is 2.49. The van der Waals surface area contributed by atoms with Crippen molar-refractivity contribution >= 4 is 9.84 Å². The third kappa shape index (κ3) is 2.05. The normalized spacial score (nSPS) is 32.5. The van der Waals surface area contributed by atoms with E-state index in [0.29, 0.717) is 12.3 Å². The first kappa shape index (κ1) is 11.4. The Morgan fingerprint density at radius 1 is 1.40 bits per heavy atom. The van der Waals surface area contributed by atoms with Crippen LogP contribution in [0.25, 0.3) is 0 Å². The lowest BCUT2D eigenvalue weighted by atomic mass is 9.98. The van der Waals surface area contributed by atoms with Crippen LogP contribution < -0.4 is 0 Å². The molecule has 1 aliphatic carbocycles. The minimum absolute atomic E-state index is 0.274. The van der Waals surface area contributed by atoms with Crippen LogP contribution in [0, 0.1) is 5.92 Å². The Labute approximate surface area is 90.5 Å². The molecule has 0 aromatic carbocycles. The van der Waals surface area contributed by atoms with Crippen molar-refractivity contribution in [1.82, 2.24) is 0 Å². The second-order valence-electron chi connectivity index (χ2n) is 5.14. The molecule has 88 valence electrons. The Morgan fingerprint density at radius 2 is 1.93 bits per heavy atom. The maximum absolute atomic E-state index is 12.1. The molecule has 15 heavy (non-hydrogen) atoms. The smallest absolute Gasteiger partial charge is 0.158 e. The van der Waals surface area contributed by atoms with Crippen LogP contribution in [-0.2, 0) is 14.6 Å². The largest absolute Gasteiger partial charge is 0.368 e. The summed E-state index contributed by atoms with van der Waals surface area (Å²) < 4.78 is 28.4.